The molecule has 1 aromatic carbocycles. The van der Waals surface area contributed by atoms with E-state index in [0.717, 1.165) is 31.7 Å². The maximum atomic E-state index is 6.33. The van der Waals surface area contributed by atoms with Crippen LogP contribution in [0.3, 0.4) is 0 Å². The van der Waals surface area contributed by atoms with Gasteiger partial charge in [0.1, 0.15) is 11.6 Å². The summed E-state index contributed by atoms with van der Waals surface area (Å²) in [6.45, 7) is 4.47. The molecule has 1 aromatic heterocycles. The molecule has 1 saturated carbocycles. The maximum Gasteiger partial charge on any atom is 0.159 e. The first-order valence-electron chi connectivity index (χ1n) is 7.01. The van der Waals surface area contributed by atoms with E-state index >= 15 is 0 Å². The molecule has 0 aliphatic heterocycles. The molecular weight excluding hydrogens is 399 g/mol. The summed E-state index contributed by atoms with van der Waals surface area (Å²) in [5.74, 6) is 0.850. The number of pyridine rings is 1. The lowest BCUT2D eigenvalue weighted by molar-refractivity contribution is -0.0517. The van der Waals surface area contributed by atoms with Gasteiger partial charge in [0, 0.05) is 29.5 Å². The van der Waals surface area contributed by atoms with Gasteiger partial charge in [0.15, 0.2) is 5.75 Å². The highest BCUT2D eigenvalue weighted by molar-refractivity contribution is 14.1. The molecule has 2 aromatic rings. The Labute approximate surface area is 143 Å². The predicted molar refractivity (Wildman–Crippen MR) is 95.1 cm³/mol. The van der Waals surface area contributed by atoms with Crippen molar-refractivity contribution in [1.82, 2.24) is 10.3 Å². The molecule has 21 heavy (non-hydrogen) atoms. The lowest BCUT2D eigenvalue weighted by Gasteiger charge is -2.51. The number of hydrogen-bond donors (Lipinski definition) is 1. The van der Waals surface area contributed by atoms with Crippen molar-refractivity contribution in [2.75, 3.05) is 7.05 Å². The molecular formula is C16H18ClIN2O. The van der Waals surface area contributed by atoms with Gasteiger partial charge in [0.25, 0.3) is 0 Å². The predicted octanol–water partition coefficient (Wildman–Crippen LogP) is 4.26. The van der Waals surface area contributed by atoms with Gasteiger partial charge in [0.05, 0.1) is 8.59 Å². The molecule has 1 fully saturated rings. The SMILES string of the molecule is CNC1CC(Oc2c(I)cc(Cl)c3cccnc23)C1(C)C. The first-order valence-corrected chi connectivity index (χ1v) is 8.47. The lowest BCUT2D eigenvalue weighted by atomic mass is 9.64. The first-order chi connectivity index (χ1) is 9.95. The molecule has 0 saturated heterocycles. The van der Waals surface area contributed by atoms with Crippen molar-refractivity contribution in [3.63, 3.8) is 0 Å². The van der Waals surface area contributed by atoms with Gasteiger partial charge in [-0.25, -0.2) is 0 Å². The summed E-state index contributed by atoms with van der Waals surface area (Å²) in [4.78, 5) is 4.47. The standard InChI is InChI=1S/C16H18ClIN2O/c1-16(2)12(19-3)8-13(16)21-15-11(18)7-10(17)9-5-4-6-20-14(9)15/h4-7,12-13,19H,8H2,1-3H3. The Kier molecular flexibility index (Phi) is 4.05. The van der Waals surface area contributed by atoms with Crippen LogP contribution in [-0.4, -0.2) is 24.2 Å². The quantitative estimate of drug-likeness (QED) is 0.759. The van der Waals surface area contributed by atoms with E-state index in [1.807, 2.05) is 25.2 Å². The second-order valence-electron chi connectivity index (χ2n) is 6.07. The van der Waals surface area contributed by atoms with Gasteiger partial charge < -0.3 is 10.1 Å². The van der Waals surface area contributed by atoms with E-state index in [0.29, 0.717) is 6.04 Å². The molecule has 0 bridgehead atoms. The molecule has 2 atom stereocenters. The first kappa shape index (κ1) is 15.3. The van der Waals surface area contributed by atoms with Crippen LogP contribution >= 0.6 is 34.2 Å². The Balaban J connectivity index is 1.99. The normalized spacial score (nSPS) is 23.9. The van der Waals surface area contributed by atoms with Crippen LogP contribution in [0.25, 0.3) is 10.9 Å². The molecule has 1 aliphatic carbocycles. The molecule has 3 rings (SSSR count). The van der Waals surface area contributed by atoms with E-state index in [9.17, 15) is 0 Å². The minimum atomic E-state index is 0.110. The van der Waals surface area contributed by atoms with E-state index < -0.39 is 0 Å². The van der Waals surface area contributed by atoms with Gasteiger partial charge in [-0.15, -0.1) is 0 Å². The van der Waals surface area contributed by atoms with Crippen LogP contribution in [0.5, 0.6) is 5.75 Å². The molecule has 5 heteroatoms. The van der Waals surface area contributed by atoms with Gasteiger partial charge in [-0.05, 0) is 47.8 Å². The Morgan fingerprint density at radius 3 is 2.90 bits per heavy atom. The molecule has 112 valence electrons. The fourth-order valence-electron chi connectivity index (χ4n) is 2.98. The smallest absolute Gasteiger partial charge is 0.159 e. The minimum absolute atomic E-state index is 0.110. The van der Waals surface area contributed by atoms with Gasteiger partial charge >= 0.3 is 0 Å². The van der Waals surface area contributed by atoms with Crippen LogP contribution in [0.4, 0.5) is 0 Å². The monoisotopic (exact) mass is 416 g/mol. The van der Waals surface area contributed by atoms with Crippen molar-refractivity contribution in [2.24, 2.45) is 5.41 Å². The van der Waals surface area contributed by atoms with E-state index in [1.165, 1.54) is 0 Å². The second kappa shape index (κ2) is 5.56. The third-order valence-electron chi connectivity index (χ3n) is 4.54. The van der Waals surface area contributed by atoms with E-state index in [4.69, 9.17) is 16.3 Å². The molecule has 2 unspecified atom stereocenters. The number of benzene rings is 1. The number of nitrogens with zero attached hydrogens (tertiary/aromatic N) is 1. The van der Waals surface area contributed by atoms with Crippen LogP contribution in [-0.2, 0) is 0 Å². The Morgan fingerprint density at radius 1 is 1.48 bits per heavy atom. The molecule has 1 aliphatic rings. The average molecular weight is 417 g/mol. The fourth-order valence-corrected chi connectivity index (χ4v) is 4.12. The van der Waals surface area contributed by atoms with Crippen molar-refractivity contribution >= 4 is 45.1 Å². The highest BCUT2D eigenvalue weighted by Gasteiger charge is 2.49. The van der Waals surface area contributed by atoms with Crippen molar-refractivity contribution in [1.29, 1.82) is 0 Å². The number of halogens is 2. The van der Waals surface area contributed by atoms with Crippen molar-refractivity contribution in [2.45, 2.75) is 32.4 Å². The lowest BCUT2D eigenvalue weighted by Crippen LogP contribution is -2.61. The molecule has 0 amide bonds. The average Bonchev–Trinajstić information content (AvgIpc) is 2.45. The summed E-state index contributed by atoms with van der Waals surface area (Å²) in [5, 5.41) is 5.01. The van der Waals surface area contributed by atoms with Crippen molar-refractivity contribution in [3.05, 3.63) is 33.0 Å². The summed E-state index contributed by atoms with van der Waals surface area (Å²) in [6, 6.07) is 6.32. The van der Waals surface area contributed by atoms with Gasteiger partial charge in [-0.2, -0.15) is 0 Å². The molecule has 3 nitrogen and oxygen atoms in total. The number of aromatic nitrogens is 1. The maximum absolute atomic E-state index is 6.33. The molecule has 0 radical (unpaired) electrons. The van der Waals surface area contributed by atoms with Gasteiger partial charge in [-0.3, -0.25) is 4.98 Å². The van der Waals surface area contributed by atoms with Crippen LogP contribution in [0.1, 0.15) is 20.3 Å². The van der Waals surface area contributed by atoms with Gasteiger partial charge in [-0.1, -0.05) is 25.4 Å². The summed E-state index contributed by atoms with van der Waals surface area (Å²) < 4.78 is 7.34. The van der Waals surface area contributed by atoms with Crippen LogP contribution < -0.4 is 10.1 Å². The van der Waals surface area contributed by atoms with Gasteiger partial charge in [0.2, 0.25) is 0 Å². The van der Waals surface area contributed by atoms with Crippen LogP contribution in [0, 0.1) is 8.99 Å². The number of hydrogen-bond acceptors (Lipinski definition) is 3. The summed E-state index contributed by atoms with van der Waals surface area (Å²) >= 11 is 8.58. The Morgan fingerprint density at radius 2 is 2.24 bits per heavy atom. The third kappa shape index (κ3) is 2.51. The number of nitrogens with one attached hydrogen (secondary N) is 1. The number of fused-ring (bicyclic) bond motifs is 1. The number of rotatable bonds is 3. The highest BCUT2D eigenvalue weighted by atomic mass is 127. The summed E-state index contributed by atoms with van der Waals surface area (Å²) in [6.07, 6.45) is 2.98. The zero-order valence-electron chi connectivity index (χ0n) is 12.3. The van der Waals surface area contributed by atoms with Crippen LogP contribution in [0.15, 0.2) is 24.4 Å². The summed E-state index contributed by atoms with van der Waals surface area (Å²) in [7, 11) is 2.01. The van der Waals surface area contributed by atoms with E-state index in [-0.39, 0.29) is 11.5 Å². The zero-order valence-corrected chi connectivity index (χ0v) is 15.2. The molecule has 0 spiro atoms. The largest absolute Gasteiger partial charge is 0.486 e. The van der Waals surface area contributed by atoms with Crippen molar-refractivity contribution < 1.29 is 4.74 Å². The van der Waals surface area contributed by atoms with E-state index in [2.05, 4.69) is 46.7 Å². The summed E-state index contributed by atoms with van der Waals surface area (Å²) in [5.41, 5.74) is 0.955. The molecule has 1 N–H and O–H groups in total. The Bertz CT molecular complexity index is 689. The zero-order chi connectivity index (χ0) is 15.2. The topological polar surface area (TPSA) is 34.1 Å². The second-order valence-corrected chi connectivity index (χ2v) is 7.64. The van der Waals surface area contributed by atoms with E-state index in [1.54, 1.807) is 6.20 Å². The molecule has 1 heterocycles. The Hall–Kier alpha value is -0.590. The van der Waals surface area contributed by atoms with Crippen molar-refractivity contribution in [3.8, 4) is 5.75 Å². The van der Waals surface area contributed by atoms with Crippen LogP contribution in [0.2, 0.25) is 5.02 Å². The number of ether oxygens (including phenoxy) is 1. The highest BCUT2D eigenvalue weighted by Crippen LogP contribution is 2.45. The third-order valence-corrected chi connectivity index (χ3v) is 5.65. The minimum Gasteiger partial charge on any atom is -0.486 e. The fraction of sp³-hybridized carbons (Fsp3) is 0.438.